The minimum Gasteiger partial charge on any atom is -0.481 e. The summed E-state index contributed by atoms with van der Waals surface area (Å²) >= 11 is 0. The Morgan fingerprint density at radius 1 is 1.10 bits per heavy atom. The molecule has 206 valence electrons. The quantitative estimate of drug-likeness (QED) is 0.291. The summed E-state index contributed by atoms with van der Waals surface area (Å²) in [6, 6.07) is 16.6. The van der Waals surface area contributed by atoms with Gasteiger partial charge in [0.25, 0.3) is 11.8 Å². The average Bonchev–Trinajstić information content (AvgIpc) is 3.25. The maximum absolute atomic E-state index is 13.3. The minimum atomic E-state index is -3.10. The van der Waals surface area contributed by atoms with Gasteiger partial charge in [0.05, 0.1) is 21.0 Å². The van der Waals surface area contributed by atoms with Crippen molar-refractivity contribution in [3.05, 3.63) is 89.4 Å². The molecule has 12 heteroatoms. The van der Waals surface area contributed by atoms with Gasteiger partial charge in [0, 0.05) is 42.1 Å². The molecular weight excluding hydrogens is 532 g/mol. The van der Waals surface area contributed by atoms with E-state index in [2.05, 4.69) is 19.8 Å². The fraction of sp³-hybridized carbons (Fsp3) is 0.179. The SMILES string of the molecule is Cc1cc(C(=O)Nc2cccc(-c3cc(C(=O)N=S(C)(=O)c4ccc(CCC(=O)O)cc4)cnc3N)c2)n(C)n1. The molecule has 4 rings (SSSR count). The Balaban J connectivity index is 1.57. The van der Waals surface area contributed by atoms with Gasteiger partial charge in [-0.05, 0) is 60.9 Å². The Kier molecular flexibility index (Phi) is 8.10. The van der Waals surface area contributed by atoms with Crippen molar-refractivity contribution >= 4 is 39.0 Å². The number of nitrogen functional groups attached to an aromatic ring is 1. The molecule has 0 aliphatic rings. The molecule has 1 atom stereocenters. The van der Waals surface area contributed by atoms with E-state index >= 15 is 0 Å². The van der Waals surface area contributed by atoms with E-state index in [1.807, 2.05) is 0 Å². The summed E-state index contributed by atoms with van der Waals surface area (Å²) in [5, 5.41) is 15.9. The van der Waals surface area contributed by atoms with E-state index in [1.165, 1.54) is 23.2 Å². The lowest BCUT2D eigenvalue weighted by atomic mass is 10.0. The first-order valence-electron chi connectivity index (χ1n) is 12.2. The number of rotatable bonds is 8. The number of carboxylic acid groups (broad SMARTS) is 1. The maximum Gasteiger partial charge on any atom is 0.303 e. The Bertz CT molecular complexity index is 1740. The average molecular weight is 561 g/mol. The second kappa shape index (κ2) is 11.5. The Morgan fingerprint density at radius 3 is 2.48 bits per heavy atom. The van der Waals surface area contributed by atoms with Crippen LogP contribution < -0.4 is 11.1 Å². The highest BCUT2D eigenvalue weighted by Crippen LogP contribution is 2.28. The molecule has 11 nitrogen and oxygen atoms in total. The lowest BCUT2D eigenvalue weighted by molar-refractivity contribution is -0.136. The van der Waals surface area contributed by atoms with Crippen LogP contribution in [0, 0.1) is 6.92 Å². The second-order valence-electron chi connectivity index (χ2n) is 9.22. The van der Waals surface area contributed by atoms with Crippen LogP contribution in [0.2, 0.25) is 0 Å². The molecule has 2 amide bonds. The lowest BCUT2D eigenvalue weighted by Crippen LogP contribution is -2.16. The van der Waals surface area contributed by atoms with E-state index in [0.29, 0.717) is 33.8 Å². The summed E-state index contributed by atoms with van der Waals surface area (Å²) in [6.45, 7) is 1.80. The third-order valence-corrected chi connectivity index (χ3v) is 7.74. The van der Waals surface area contributed by atoms with Crippen molar-refractivity contribution in [3.8, 4) is 11.1 Å². The number of benzene rings is 2. The summed E-state index contributed by atoms with van der Waals surface area (Å²) < 4.78 is 18.7. The van der Waals surface area contributed by atoms with Crippen LogP contribution in [0.5, 0.6) is 0 Å². The van der Waals surface area contributed by atoms with Crippen LogP contribution >= 0.6 is 0 Å². The van der Waals surface area contributed by atoms with E-state index < -0.39 is 21.6 Å². The molecule has 2 aromatic carbocycles. The van der Waals surface area contributed by atoms with Crippen LogP contribution in [-0.4, -0.2) is 48.1 Å². The number of aryl methyl sites for hydroxylation is 3. The van der Waals surface area contributed by atoms with Crippen molar-refractivity contribution in [1.29, 1.82) is 0 Å². The van der Waals surface area contributed by atoms with Gasteiger partial charge in [0.1, 0.15) is 11.5 Å². The number of aliphatic carboxylic acids is 1. The highest BCUT2D eigenvalue weighted by Gasteiger charge is 2.16. The summed E-state index contributed by atoms with van der Waals surface area (Å²) in [5.41, 5.74) is 9.65. The predicted molar refractivity (Wildman–Crippen MR) is 151 cm³/mol. The van der Waals surface area contributed by atoms with Gasteiger partial charge < -0.3 is 16.2 Å². The smallest absolute Gasteiger partial charge is 0.303 e. The Labute approximate surface area is 231 Å². The van der Waals surface area contributed by atoms with Gasteiger partial charge in [-0.1, -0.05) is 24.3 Å². The molecule has 0 aliphatic carbocycles. The first kappa shape index (κ1) is 28.2. The number of amides is 2. The minimum absolute atomic E-state index is 0.0183. The molecule has 2 aromatic heterocycles. The molecule has 1 unspecified atom stereocenters. The number of carbonyl (C=O) groups is 3. The summed E-state index contributed by atoms with van der Waals surface area (Å²) in [4.78, 5) is 41.0. The molecule has 0 bridgehead atoms. The molecule has 4 aromatic rings. The van der Waals surface area contributed by atoms with Crippen molar-refractivity contribution in [2.75, 3.05) is 17.3 Å². The molecule has 0 aliphatic heterocycles. The number of nitrogens with zero attached hydrogens (tertiary/aromatic N) is 4. The molecule has 0 saturated heterocycles. The zero-order valence-corrected chi connectivity index (χ0v) is 22.9. The first-order chi connectivity index (χ1) is 18.9. The lowest BCUT2D eigenvalue weighted by Gasteiger charge is -2.10. The predicted octanol–water partition coefficient (Wildman–Crippen LogP) is 3.94. The van der Waals surface area contributed by atoms with Crippen molar-refractivity contribution in [2.45, 2.75) is 24.7 Å². The molecule has 4 N–H and O–H groups in total. The number of nitrogens with two attached hydrogens (primary N) is 1. The molecule has 0 fully saturated rings. The number of hydrogen-bond donors (Lipinski definition) is 3. The Hall–Kier alpha value is -4.84. The fourth-order valence-electron chi connectivity index (χ4n) is 4.03. The highest BCUT2D eigenvalue weighted by molar-refractivity contribution is 7.93. The number of hydrogen-bond acceptors (Lipinski definition) is 7. The fourth-order valence-corrected chi connectivity index (χ4v) is 5.20. The number of carboxylic acids is 1. The van der Waals surface area contributed by atoms with E-state index in [1.54, 1.807) is 68.6 Å². The number of aromatic nitrogens is 3. The zero-order valence-electron chi connectivity index (χ0n) is 22.1. The maximum atomic E-state index is 13.3. The summed E-state index contributed by atoms with van der Waals surface area (Å²) in [7, 11) is -1.41. The number of nitrogens with one attached hydrogen (secondary N) is 1. The van der Waals surface area contributed by atoms with Gasteiger partial charge in [0.15, 0.2) is 0 Å². The van der Waals surface area contributed by atoms with E-state index in [9.17, 15) is 18.6 Å². The van der Waals surface area contributed by atoms with Gasteiger partial charge >= 0.3 is 5.97 Å². The van der Waals surface area contributed by atoms with Crippen molar-refractivity contribution < 1.29 is 23.7 Å². The van der Waals surface area contributed by atoms with Crippen molar-refractivity contribution in [3.63, 3.8) is 0 Å². The largest absolute Gasteiger partial charge is 0.481 e. The second-order valence-corrected chi connectivity index (χ2v) is 11.5. The first-order valence-corrected chi connectivity index (χ1v) is 14.1. The zero-order chi connectivity index (χ0) is 29.0. The Morgan fingerprint density at radius 2 is 1.82 bits per heavy atom. The number of pyridine rings is 1. The number of carbonyl (C=O) groups excluding carboxylic acids is 2. The normalized spacial score (nSPS) is 12.4. The van der Waals surface area contributed by atoms with Gasteiger partial charge in [-0.25, -0.2) is 9.19 Å². The van der Waals surface area contributed by atoms with Gasteiger partial charge in [0.2, 0.25) is 0 Å². The molecule has 40 heavy (non-hydrogen) atoms. The molecule has 0 radical (unpaired) electrons. The summed E-state index contributed by atoms with van der Waals surface area (Å²) in [5.74, 6) is -1.80. The molecule has 0 spiro atoms. The highest BCUT2D eigenvalue weighted by atomic mass is 32.2. The van der Waals surface area contributed by atoms with Gasteiger partial charge in [-0.3, -0.25) is 19.1 Å². The molecule has 2 heterocycles. The molecular formula is C28H28N6O5S. The monoisotopic (exact) mass is 560 g/mol. The number of anilines is 2. The van der Waals surface area contributed by atoms with Gasteiger partial charge in [-0.15, -0.1) is 0 Å². The standard InChI is InChI=1S/C28H28N6O5S/c1-17-13-24(34(2)32-17)28(38)31-21-6-4-5-19(14-21)23-15-20(16-30-26(23)29)27(37)33-40(3,39)22-10-7-18(8-11-22)9-12-25(35)36/h4-8,10-11,13-16H,9,12H2,1-3H3,(H2,29,30)(H,31,38)(H,35,36). The van der Waals surface area contributed by atoms with Crippen LogP contribution in [0.3, 0.4) is 0 Å². The van der Waals surface area contributed by atoms with Crippen molar-refractivity contribution in [2.24, 2.45) is 11.4 Å². The topological polar surface area (TPSA) is 170 Å². The van der Waals surface area contributed by atoms with Crippen molar-refractivity contribution in [1.82, 2.24) is 14.8 Å². The third kappa shape index (κ3) is 6.59. The van der Waals surface area contributed by atoms with Crippen LogP contribution in [0.15, 0.2) is 76.1 Å². The van der Waals surface area contributed by atoms with E-state index in [0.717, 1.165) is 11.3 Å². The van der Waals surface area contributed by atoms with E-state index in [-0.39, 0.29) is 23.7 Å². The van der Waals surface area contributed by atoms with Gasteiger partial charge in [-0.2, -0.15) is 9.46 Å². The van der Waals surface area contributed by atoms with Crippen LogP contribution in [0.1, 0.15) is 38.5 Å². The van der Waals surface area contributed by atoms with E-state index in [4.69, 9.17) is 10.8 Å². The summed E-state index contributed by atoms with van der Waals surface area (Å²) in [6.07, 6.45) is 2.95. The van der Waals surface area contributed by atoms with Crippen LogP contribution in [-0.2, 0) is 28.0 Å². The van der Waals surface area contributed by atoms with Crippen LogP contribution in [0.25, 0.3) is 11.1 Å². The van der Waals surface area contributed by atoms with Crippen LogP contribution in [0.4, 0.5) is 11.5 Å². The third-order valence-electron chi connectivity index (χ3n) is 6.08. The molecule has 0 saturated carbocycles.